The number of H-pyrrole nitrogens is 1. The van der Waals surface area contributed by atoms with Crippen molar-refractivity contribution < 1.29 is 0 Å². The normalized spacial score (nSPS) is 11.3. The van der Waals surface area contributed by atoms with Gasteiger partial charge in [-0.1, -0.05) is 126 Å². The average Bonchev–Trinajstić information content (AvgIpc) is 4.05. The second kappa shape index (κ2) is 28.8. The molecule has 1 aromatic carbocycles. The first kappa shape index (κ1) is 60.1. The lowest BCUT2D eigenvalue weighted by molar-refractivity contribution is 0.355. The largest absolute Gasteiger partial charge is 0.365 e. The molecular weight excluding hydrogens is 815 g/mol. The standard InChI is InChI=1S/C9H13N.3C8H13N.C7H12N2.C7H11NS.C6H6.C4H10/c1-9(2,3)8-6-4-5-7-10-8;2*1-8(2,3)9-6-4-5-7-9;1-8(2,3)7-5-4-6-9-7;1-7(2,3)9-6-4-5-8-9;1-7(2,3)6-8-4-5-9-6;1-2-4-6-5-3-1;1-4(2)3/h4-7H,1-3H3;2*4-7H,1-3H3;4-6,9H,1-3H3;4-6H,1-3H3;4-5H,1-3H3;1-6H;4H,1-3H3. The minimum absolute atomic E-state index is 0.128. The van der Waals surface area contributed by atoms with Crippen molar-refractivity contribution in [3.05, 3.63) is 175 Å². The van der Waals surface area contributed by atoms with Crippen molar-refractivity contribution in [3.63, 3.8) is 0 Å². The summed E-state index contributed by atoms with van der Waals surface area (Å²) in [5.41, 5.74) is 3.73. The van der Waals surface area contributed by atoms with Crippen LogP contribution in [0, 0.1) is 5.92 Å². The van der Waals surface area contributed by atoms with Crippen LogP contribution in [0.15, 0.2) is 158 Å². The Kier molecular flexibility index (Phi) is 26.7. The number of benzene rings is 1. The van der Waals surface area contributed by atoms with Crippen LogP contribution in [0.3, 0.4) is 0 Å². The summed E-state index contributed by atoms with van der Waals surface area (Å²) in [6, 6.07) is 32.3. The van der Waals surface area contributed by atoms with Gasteiger partial charge in [0, 0.05) is 99.9 Å². The van der Waals surface area contributed by atoms with Crippen molar-refractivity contribution in [1.82, 2.24) is 33.9 Å². The van der Waals surface area contributed by atoms with Gasteiger partial charge in [0.2, 0.25) is 0 Å². The van der Waals surface area contributed by atoms with Crippen molar-refractivity contribution in [2.24, 2.45) is 5.92 Å². The quantitative estimate of drug-likeness (QED) is 0.165. The third kappa shape index (κ3) is 30.0. The van der Waals surface area contributed by atoms with Gasteiger partial charge in [-0.2, -0.15) is 5.10 Å². The molecule has 7 aromatic rings. The van der Waals surface area contributed by atoms with Crippen LogP contribution in [0.4, 0.5) is 0 Å². The van der Waals surface area contributed by atoms with Gasteiger partial charge < -0.3 is 14.1 Å². The number of nitrogens with one attached hydrogen (secondary N) is 1. The highest BCUT2D eigenvalue weighted by Gasteiger charge is 2.16. The number of aromatic amines is 1. The molecule has 1 N–H and O–H groups in total. The Morgan fingerprint density at radius 3 is 1.09 bits per heavy atom. The summed E-state index contributed by atoms with van der Waals surface area (Å²) in [4.78, 5) is 11.6. The van der Waals surface area contributed by atoms with Gasteiger partial charge in [-0.25, -0.2) is 4.98 Å². The number of rotatable bonds is 0. The Labute approximate surface area is 402 Å². The van der Waals surface area contributed by atoms with E-state index in [1.165, 1.54) is 10.7 Å². The summed E-state index contributed by atoms with van der Waals surface area (Å²) in [7, 11) is 0. The Morgan fingerprint density at radius 2 is 0.908 bits per heavy atom. The fourth-order valence-electron chi connectivity index (χ4n) is 4.81. The highest BCUT2D eigenvalue weighted by Crippen LogP contribution is 2.23. The molecule has 0 unspecified atom stereocenters. The molecule has 6 heterocycles. The van der Waals surface area contributed by atoms with E-state index in [0.717, 1.165) is 11.6 Å². The van der Waals surface area contributed by atoms with Crippen LogP contribution < -0.4 is 0 Å². The molecule has 0 spiro atoms. The van der Waals surface area contributed by atoms with Crippen molar-refractivity contribution in [2.45, 2.75) is 178 Å². The lowest BCUT2D eigenvalue weighted by atomic mass is 9.92. The molecule has 65 heavy (non-hydrogen) atoms. The summed E-state index contributed by atoms with van der Waals surface area (Å²) in [6.45, 7) is 45.6. The molecule has 0 aliphatic heterocycles. The third-order valence-electron chi connectivity index (χ3n) is 8.53. The minimum Gasteiger partial charge on any atom is -0.365 e. The fourth-order valence-corrected chi connectivity index (χ4v) is 5.54. The summed E-state index contributed by atoms with van der Waals surface area (Å²) < 4.78 is 6.31. The van der Waals surface area contributed by atoms with Crippen molar-refractivity contribution in [2.75, 3.05) is 0 Å². The summed E-state index contributed by atoms with van der Waals surface area (Å²) in [5, 5.41) is 7.33. The zero-order valence-electron chi connectivity index (χ0n) is 44.7. The fraction of sp³-hybridized carbons (Fsp3) is 0.491. The van der Waals surface area contributed by atoms with Crippen LogP contribution in [-0.4, -0.2) is 33.9 Å². The molecule has 360 valence electrons. The SMILES string of the molecule is CC(C)(C)c1ccc[nH]1.CC(C)(C)c1ccccn1.CC(C)(C)c1nccs1.CC(C)(C)n1cccc1.CC(C)(C)n1cccc1.CC(C)(C)n1cccn1.CC(C)C.c1ccccc1. The lowest BCUT2D eigenvalue weighted by Gasteiger charge is -2.20. The monoisotopic (exact) mass is 906 g/mol. The highest BCUT2D eigenvalue weighted by atomic mass is 32.1. The van der Waals surface area contributed by atoms with Gasteiger partial charge in [-0.3, -0.25) is 9.67 Å². The zero-order chi connectivity index (χ0) is 50.0. The first-order valence-electron chi connectivity index (χ1n) is 23.1. The van der Waals surface area contributed by atoms with Gasteiger partial charge >= 0.3 is 0 Å². The van der Waals surface area contributed by atoms with Crippen molar-refractivity contribution in [3.8, 4) is 0 Å². The van der Waals surface area contributed by atoms with Crippen LogP contribution >= 0.6 is 11.3 Å². The van der Waals surface area contributed by atoms with Crippen LogP contribution in [-0.2, 0) is 32.9 Å². The van der Waals surface area contributed by atoms with E-state index in [1.54, 1.807) is 17.5 Å². The summed E-state index contributed by atoms with van der Waals surface area (Å²) >= 11 is 1.72. The molecule has 7 nitrogen and oxygen atoms in total. The van der Waals surface area contributed by atoms with Gasteiger partial charge in [0.05, 0.1) is 10.5 Å². The van der Waals surface area contributed by atoms with Crippen molar-refractivity contribution >= 4 is 11.3 Å². The van der Waals surface area contributed by atoms with E-state index in [4.69, 9.17) is 0 Å². The molecule has 0 saturated carbocycles. The van der Waals surface area contributed by atoms with Crippen LogP contribution in [0.2, 0.25) is 0 Å². The molecule has 6 aromatic heterocycles. The average molecular weight is 906 g/mol. The topological polar surface area (TPSA) is 69.2 Å². The predicted octanol–water partition coefficient (Wildman–Crippen LogP) is 16.6. The summed E-state index contributed by atoms with van der Waals surface area (Å²) in [5.74, 6) is 0.833. The molecule has 0 amide bonds. The minimum atomic E-state index is 0.128. The molecular formula is C57H91N7S. The predicted molar refractivity (Wildman–Crippen MR) is 286 cm³/mol. The van der Waals surface area contributed by atoms with E-state index in [9.17, 15) is 0 Å². The molecule has 0 bridgehead atoms. The molecule has 0 fully saturated rings. The molecule has 0 radical (unpaired) electrons. The van der Waals surface area contributed by atoms with Gasteiger partial charge in [0.1, 0.15) is 0 Å². The molecule has 0 aliphatic carbocycles. The molecule has 8 heteroatoms. The van der Waals surface area contributed by atoms with Crippen molar-refractivity contribution in [1.29, 1.82) is 0 Å². The maximum atomic E-state index is 4.25. The second-order valence-electron chi connectivity index (χ2n) is 22.4. The maximum Gasteiger partial charge on any atom is 0.0978 e. The van der Waals surface area contributed by atoms with E-state index >= 15 is 0 Å². The number of pyridine rings is 1. The van der Waals surface area contributed by atoms with Gasteiger partial charge in [0.25, 0.3) is 0 Å². The Morgan fingerprint density at radius 1 is 0.446 bits per heavy atom. The molecule has 0 saturated heterocycles. The lowest BCUT2D eigenvalue weighted by Crippen LogP contribution is -2.21. The highest BCUT2D eigenvalue weighted by molar-refractivity contribution is 7.09. The maximum absolute atomic E-state index is 4.25. The number of hydrogen-bond donors (Lipinski definition) is 1. The van der Waals surface area contributed by atoms with E-state index in [1.807, 2.05) is 120 Å². The number of thiazole rings is 1. The summed E-state index contributed by atoms with van der Waals surface area (Å²) in [6.07, 6.45) is 17.7. The third-order valence-corrected chi connectivity index (χ3v) is 9.73. The van der Waals surface area contributed by atoms with Crippen LogP contribution in [0.1, 0.15) is 162 Å². The molecule has 7 rings (SSSR count). The number of hydrogen-bond acceptors (Lipinski definition) is 4. The first-order chi connectivity index (χ1) is 29.9. The smallest absolute Gasteiger partial charge is 0.0978 e. The zero-order valence-corrected chi connectivity index (χ0v) is 45.5. The van der Waals surface area contributed by atoms with Gasteiger partial charge in [0.15, 0.2) is 0 Å². The van der Waals surface area contributed by atoms with E-state index in [2.05, 4.69) is 212 Å². The van der Waals surface area contributed by atoms with Crippen LogP contribution in [0.25, 0.3) is 0 Å². The molecule has 0 aliphatic rings. The Bertz CT molecular complexity index is 1750. The molecule has 0 atom stereocenters. The Balaban J connectivity index is 0.000000727. The van der Waals surface area contributed by atoms with Crippen LogP contribution in [0.5, 0.6) is 0 Å². The number of nitrogens with zero attached hydrogens (tertiary/aromatic N) is 6. The van der Waals surface area contributed by atoms with E-state index in [0.29, 0.717) is 0 Å². The number of aromatic nitrogens is 7. The van der Waals surface area contributed by atoms with Gasteiger partial charge in [-0.05, 0) is 123 Å². The van der Waals surface area contributed by atoms with Gasteiger partial charge in [-0.15, -0.1) is 11.3 Å². The Hall–Kier alpha value is -4.95. The van der Waals surface area contributed by atoms with E-state index in [-0.39, 0.29) is 32.9 Å². The second-order valence-corrected chi connectivity index (χ2v) is 23.3. The van der Waals surface area contributed by atoms with E-state index < -0.39 is 0 Å². The first-order valence-corrected chi connectivity index (χ1v) is 24.0.